The maximum Gasteiger partial charge on any atom is 0.315 e. The highest BCUT2D eigenvalue weighted by Crippen LogP contribution is 2.39. The number of nitrogens with one attached hydrogen (secondary N) is 2. The summed E-state index contributed by atoms with van der Waals surface area (Å²) in [5.74, 6) is 0.884. The predicted octanol–water partition coefficient (Wildman–Crippen LogP) is 4.23. The maximum atomic E-state index is 12.4. The molecule has 2 amide bonds. The third-order valence-electron chi connectivity index (χ3n) is 4.87. The predicted molar refractivity (Wildman–Crippen MR) is 91.8 cm³/mol. The van der Waals surface area contributed by atoms with E-state index in [1.54, 1.807) is 0 Å². The highest BCUT2D eigenvalue weighted by Gasteiger charge is 2.34. The molecule has 0 spiro atoms. The third-order valence-corrected chi connectivity index (χ3v) is 4.87. The van der Waals surface area contributed by atoms with Gasteiger partial charge in [0.25, 0.3) is 0 Å². The second kappa shape index (κ2) is 6.42. The summed E-state index contributed by atoms with van der Waals surface area (Å²) in [7, 11) is 0. The van der Waals surface area contributed by atoms with E-state index >= 15 is 0 Å². The molecular weight excluding hydrogens is 288 g/mol. The molecule has 1 atom stereocenters. The molecule has 1 aliphatic heterocycles. The Labute approximate surface area is 139 Å². The van der Waals surface area contributed by atoms with Crippen LogP contribution < -0.4 is 15.4 Å². The van der Waals surface area contributed by atoms with Crippen LogP contribution in [0, 0.1) is 6.92 Å². The molecule has 1 aromatic carbocycles. The van der Waals surface area contributed by atoms with E-state index in [1.165, 1.54) is 24.8 Å². The Bertz CT molecular complexity index is 577. The van der Waals surface area contributed by atoms with Crippen molar-refractivity contribution in [3.05, 3.63) is 29.3 Å². The van der Waals surface area contributed by atoms with Crippen molar-refractivity contribution in [1.82, 2.24) is 10.6 Å². The van der Waals surface area contributed by atoms with Crippen LogP contribution in [0.25, 0.3) is 0 Å². The van der Waals surface area contributed by atoms with Crippen LogP contribution in [0.2, 0.25) is 0 Å². The van der Waals surface area contributed by atoms with Gasteiger partial charge in [0, 0.05) is 18.0 Å². The first-order valence-corrected chi connectivity index (χ1v) is 8.79. The van der Waals surface area contributed by atoms with Crippen LogP contribution in [0.15, 0.2) is 18.2 Å². The molecule has 1 fully saturated rings. The molecule has 0 radical (unpaired) electrons. The van der Waals surface area contributed by atoms with Crippen LogP contribution >= 0.6 is 0 Å². The molecular formula is C19H28N2O2. The van der Waals surface area contributed by atoms with Crippen molar-refractivity contribution < 1.29 is 9.53 Å². The Balaban J connectivity index is 1.71. The maximum absolute atomic E-state index is 12.4. The van der Waals surface area contributed by atoms with E-state index in [2.05, 4.69) is 43.5 Å². The van der Waals surface area contributed by atoms with Gasteiger partial charge in [-0.05, 0) is 39.7 Å². The van der Waals surface area contributed by atoms with Crippen molar-refractivity contribution in [1.29, 1.82) is 0 Å². The number of fused-ring (bicyclic) bond motifs is 1. The van der Waals surface area contributed by atoms with E-state index in [0.717, 1.165) is 30.6 Å². The van der Waals surface area contributed by atoms with Crippen LogP contribution in [0.4, 0.5) is 4.79 Å². The van der Waals surface area contributed by atoms with Crippen molar-refractivity contribution >= 4 is 6.03 Å². The van der Waals surface area contributed by atoms with Gasteiger partial charge in [-0.2, -0.15) is 0 Å². The molecule has 0 saturated heterocycles. The van der Waals surface area contributed by atoms with Gasteiger partial charge in [-0.1, -0.05) is 37.0 Å². The lowest BCUT2D eigenvalue weighted by molar-refractivity contribution is 0.0677. The smallest absolute Gasteiger partial charge is 0.315 e. The molecule has 1 aliphatic carbocycles. The average molecular weight is 316 g/mol. The van der Waals surface area contributed by atoms with Crippen LogP contribution in [0.1, 0.15) is 69.5 Å². The SMILES string of the molecule is Cc1ccc2c(c1)[C@H](NC(=O)NC1CCCCC1)CC(C)(C)O2. The summed E-state index contributed by atoms with van der Waals surface area (Å²) in [6, 6.07) is 6.47. The summed E-state index contributed by atoms with van der Waals surface area (Å²) >= 11 is 0. The van der Waals surface area contributed by atoms with E-state index in [9.17, 15) is 4.79 Å². The standard InChI is InChI=1S/C19H28N2O2/c1-13-9-10-17-15(11-13)16(12-19(2,3)23-17)21-18(22)20-14-7-5-4-6-8-14/h9-11,14,16H,4-8,12H2,1-3H3,(H2,20,21,22)/t16-/m1/s1. The number of benzene rings is 1. The highest BCUT2D eigenvalue weighted by molar-refractivity contribution is 5.75. The second-order valence-corrected chi connectivity index (χ2v) is 7.61. The topological polar surface area (TPSA) is 50.4 Å². The number of urea groups is 1. The lowest BCUT2D eigenvalue weighted by atomic mass is 9.89. The van der Waals surface area contributed by atoms with Crippen molar-refractivity contribution in [2.75, 3.05) is 0 Å². The first kappa shape index (κ1) is 16.2. The molecule has 4 nitrogen and oxygen atoms in total. The lowest BCUT2D eigenvalue weighted by Gasteiger charge is -2.38. The largest absolute Gasteiger partial charge is 0.487 e. The van der Waals surface area contributed by atoms with E-state index in [-0.39, 0.29) is 17.7 Å². The van der Waals surface area contributed by atoms with Crippen LogP contribution in [-0.4, -0.2) is 17.7 Å². The number of carbonyl (C=O) groups excluding carboxylic acids is 1. The fourth-order valence-corrected chi connectivity index (χ4v) is 3.74. The van der Waals surface area contributed by atoms with Gasteiger partial charge >= 0.3 is 6.03 Å². The van der Waals surface area contributed by atoms with Gasteiger partial charge in [0.1, 0.15) is 11.4 Å². The fraction of sp³-hybridized carbons (Fsp3) is 0.632. The van der Waals surface area contributed by atoms with Crippen LogP contribution in [-0.2, 0) is 0 Å². The van der Waals surface area contributed by atoms with Gasteiger partial charge in [0.05, 0.1) is 6.04 Å². The number of hydrogen-bond acceptors (Lipinski definition) is 2. The van der Waals surface area contributed by atoms with Gasteiger partial charge in [-0.15, -0.1) is 0 Å². The van der Waals surface area contributed by atoms with Crippen LogP contribution in [0.5, 0.6) is 5.75 Å². The molecule has 4 heteroatoms. The fourth-order valence-electron chi connectivity index (χ4n) is 3.74. The molecule has 0 bridgehead atoms. The number of amides is 2. The molecule has 126 valence electrons. The number of rotatable bonds is 2. The van der Waals surface area contributed by atoms with E-state index in [1.807, 2.05) is 6.07 Å². The summed E-state index contributed by atoms with van der Waals surface area (Å²) in [6.07, 6.45) is 6.71. The Morgan fingerprint density at radius 3 is 2.65 bits per heavy atom. The molecule has 0 aromatic heterocycles. The van der Waals surface area contributed by atoms with E-state index in [0.29, 0.717) is 6.04 Å². The van der Waals surface area contributed by atoms with Gasteiger partial charge in [-0.25, -0.2) is 4.79 Å². The number of ether oxygens (including phenoxy) is 1. The summed E-state index contributed by atoms with van der Waals surface area (Å²) in [4.78, 5) is 12.4. The quantitative estimate of drug-likeness (QED) is 0.858. The Morgan fingerprint density at radius 1 is 1.17 bits per heavy atom. The van der Waals surface area contributed by atoms with Crippen molar-refractivity contribution in [2.45, 2.75) is 77.0 Å². The molecule has 1 saturated carbocycles. The summed E-state index contributed by atoms with van der Waals surface area (Å²) in [5, 5.41) is 6.32. The molecule has 3 rings (SSSR count). The minimum Gasteiger partial charge on any atom is -0.487 e. The first-order valence-electron chi connectivity index (χ1n) is 8.79. The summed E-state index contributed by atoms with van der Waals surface area (Å²) in [6.45, 7) is 6.21. The Hall–Kier alpha value is -1.71. The Kier molecular flexibility index (Phi) is 4.51. The third kappa shape index (κ3) is 3.98. The molecule has 23 heavy (non-hydrogen) atoms. The zero-order valence-corrected chi connectivity index (χ0v) is 14.4. The lowest BCUT2D eigenvalue weighted by Crippen LogP contribution is -2.47. The first-order chi connectivity index (χ1) is 10.9. The normalized spacial score (nSPS) is 23.5. The van der Waals surface area contributed by atoms with Crippen LogP contribution in [0.3, 0.4) is 0 Å². The monoisotopic (exact) mass is 316 g/mol. The van der Waals surface area contributed by atoms with Gasteiger partial charge in [0.15, 0.2) is 0 Å². The summed E-state index contributed by atoms with van der Waals surface area (Å²) < 4.78 is 6.06. The number of aryl methyl sites for hydroxylation is 1. The van der Waals surface area contributed by atoms with Gasteiger partial charge in [0.2, 0.25) is 0 Å². The van der Waals surface area contributed by atoms with Crippen molar-refractivity contribution in [2.24, 2.45) is 0 Å². The Morgan fingerprint density at radius 2 is 1.91 bits per heavy atom. The zero-order chi connectivity index (χ0) is 16.4. The second-order valence-electron chi connectivity index (χ2n) is 7.61. The van der Waals surface area contributed by atoms with Gasteiger partial charge < -0.3 is 15.4 Å². The zero-order valence-electron chi connectivity index (χ0n) is 14.4. The van der Waals surface area contributed by atoms with E-state index < -0.39 is 0 Å². The van der Waals surface area contributed by atoms with Gasteiger partial charge in [-0.3, -0.25) is 0 Å². The molecule has 0 unspecified atom stereocenters. The number of hydrogen-bond donors (Lipinski definition) is 2. The highest BCUT2D eigenvalue weighted by atomic mass is 16.5. The number of carbonyl (C=O) groups is 1. The molecule has 2 aliphatic rings. The van der Waals surface area contributed by atoms with Crippen molar-refractivity contribution in [3.8, 4) is 5.75 Å². The molecule has 1 heterocycles. The molecule has 2 N–H and O–H groups in total. The minimum atomic E-state index is -0.273. The molecule has 1 aromatic rings. The summed E-state index contributed by atoms with van der Waals surface area (Å²) in [5.41, 5.74) is 2.00. The minimum absolute atomic E-state index is 0.00256. The van der Waals surface area contributed by atoms with E-state index in [4.69, 9.17) is 4.74 Å². The average Bonchev–Trinajstić information content (AvgIpc) is 2.48. The van der Waals surface area contributed by atoms with Crippen molar-refractivity contribution in [3.63, 3.8) is 0 Å².